The van der Waals surface area contributed by atoms with Crippen molar-refractivity contribution in [3.05, 3.63) is 10.6 Å². The van der Waals surface area contributed by atoms with Crippen molar-refractivity contribution in [1.82, 2.24) is 15.2 Å². The first-order chi connectivity index (χ1) is 10.2. The van der Waals surface area contributed by atoms with Crippen LogP contribution in [0.3, 0.4) is 0 Å². The van der Waals surface area contributed by atoms with Crippen LogP contribution in [0.1, 0.15) is 49.7 Å². The number of aromatic nitrogens is 1. The zero-order valence-electron chi connectivity index (χ0n) is 13.6. The quantitative estimate of drug-likeness (QED) is 0.930. The van der Waals surface area contributed by atoms with E-state index in [9.17, 15) is 0 Å². The standard InChI is InChI=1S/C16H28N4S/c1-4-17-13-7-5-8-14-15(13)18-16(21-14)20-10-6-9-19(3)11-12(20)2/h12-13,17H,4-11H2,1-3H3. The summed E-state index contributed by atoms with van der Waals surface area (Å²) >= 11 is 1.94. The van der Waals surface area contributed by atoms with Gasteiger partial charge >= 0.3 is 0 Å². The van der Waals surface area contributed by atoms with Crippen LogP contribution in [0, 0.1) is 0 Å². The zero-order valence-corrected chi connectivity index (χ0v) is 14.4. The van der Waals surface area contributed by atoms with E-state index >= 15 is 0 Å². The molecule has 0 aromatic carbocycles. The molecule has 1 aliphatic heterocycles. The van der Waals surface area contributed by atoms with Crippen molar-refractivity contribution < 1.29 is 0 Å². The highest BCUT2D eigenvalue weighted by Crippen LogP contribution is 2.37. The molecule has 1 saturated heterocycles. The normalized spacial score (nSPS) is 27.5. The van der Waals surface area contributed by atoms with Crippen molar-refractivity contribution in [2.24, 2.45) is 0 Å². The summed E-state index contributed by atoms with van der Waals surface area (Å²) in [6.07, 6.45) is 4.99. The fourth-order valence-electron chi connectivity index (χ4n) is 3.63. The van der Waals surface area contributed by atoms with E-state index in [-0.39, 0.29) is 0 Å². The number of hydrogen-bond acceptors (Lipinski definition) is 5. The Morgan fingerprint density at radius 2 is 2.19 bits per heavy atom. The van der Waals surface area contributed by atoms with Crippen LogP contribution in [-0.2, 0) is 6.42 Å². The second-order valence-electron chi connectivity index (χ2n) is 6.47. The van der Waals surface area contributed by atoms with Crippen LogP contribution in [0.25, 0.3) is 0 Å². The SMILES string of the molecule is CCNC1CCCc2sc(N3CCCN(C)CC3C)nc21. The molecule has 1 N–H and O–H groups in total. The lowest BCUT2D eigenvalue weighted by atomic mass is 9.98. The molecule has 1 fully saturated rings. The zero-order chi connectivity index (χ0) is 14.8. The number of nitrogens with one attached hydrogen (secondary N) is 1. The van der Waals surface area contributed by atoms with Gasteiger partial charge in [-0.15, -0.1) is 11.3 Å². The van der Waals surface area contributed by atoms with Gasteiger partial charge in [-0.25, -0.2) is 4.98 Å². The molecule has 4 nitrogen and oxygen atoms in total. The Morgan fingerprint density at radius 1 is 1.33 bits per heavy atom. The molecule has 0 radical (unpaired) electrons. The summed E-state index contributed by atoms with van der Waals surface area (Å²) in [4.78, 5) is 11.6. The maximum atomic E-state index is 5.06. The highest BCUT2D eigenvalue weighted by Gasteiger charge is 2.28. The summed E-state index contributed by atoms with van der Waals surface area (Å²) in [7, 11) is 2.23. The number of rotatable bonds is 3. The molecule has 0 bridgehead atoms. The third-order valence-corrected chi connectivity index (χ3v) is 5.85. The van der Waals surface area contributed by atoms with Crippen molar-refractivity contribution in [3.63, 3.8) is 0 Å². The molecule has 2 unspecified atom stereocenters. The van der Waals surface area contributed by atoms with Crippen molar-refractivity contribution >= 4 is 16.5 Å². The van der Waals surface area contributed by atoms with Gasteiger partial charge < -0.3 is 15.1 Å². The molecular formula is C16H28N4S. The highest BCUT2D eigenvalue weighted by molar-refractivity contribution is 7.15. The monoisotopic (exact) mass is 308 g/mol. The Kier molecular flexibility index (Phi) is 4.82. The Morgan fingerprint density at radius 3 is 3.00 bits per heavy atom. The van der Waals surface area contributed by atoms with Gasteiger partial charge in [0.05, 0.1) is 11.7 Å². The van der Waals surface area contributed by atoms with Crippen LogP contribution in [0.4, 0.5) is 5.13 Å². The van der Waals surface area contributed by atoms with E-state index in [1.807, 2.05) is 11.3 Å². The molecule has 21 heavy (non-hydrogen) atoms. The lowest BCUT2D eigenvalue weighted by Gasteiger charge is -2.27. The van der Waals surface area contributed by atoms with E-state index in [2.05, 4.69) is 36.0 Å². The third kappa shape index (κ3) is 3.25. The van der Waals surface area contributed by atoms with Crippen LogP contribution in [-0.4, -0.2) is 49.2 Å². The predicted octanol–water partition coefficient (Wildman–Crippen LogP) is 2.66. The van der Waals surface area contributed by atoms with Crippen LogP contribution in [0.5, 0.6) is 0 Å². The summed E-state index contributed by atoms with van der Waals surface area (Å²) in [5.41, 5.74) is 1.34. The third-order valence-electron chi connectivity index (χ3n) is 4.69. The number of nitrogens with zero attached hydrogens (tertiary/aromatic N) is 3. The Bertz CT molecular complexity index is 473. The van der Waals surface area contributed by atoms with Gasteiger partial charge in [-0.2, -0.15) is 0 Å². The fourth-order valence-corrected chi connectivity index (χ4v) is 4.92. The number of aryl methyl sites for hydroxylation is 1. The van der Waals surface area contributed by atoms with Gasteiger partial charge in [0.2, 0.25) is 0 Å². The van der Waals surface area contributed by atoms with E-state index in [1.165, 1.54) is 47.9 Å². The first-order valence-corrected chi connectivity index (χ1v) is 9.19. The van der Waals surface area contributed by atoms with Gasteiger partial charge in [0.1, 0.15) is 0 Å². The second-order valence-corrected chi connectivity index (χ2v) is 7.53. The number of likely N-dealkylation sites (N-methyl/N-ethyl adjacent to an activating group) is 1. The average Bonchev–Trinajstić information content (AvgIpc) is 2.80. The molecule has 2 aliphatic rings. The minimum Gasteiger partial charge on any atom is -0.344 e. The number of anilines is 1. The fraction of sp³-hybridized carbons (Fsp3) is 0.812. The van der Waals surface area contributed by atoms with Gasteiger partial charge in [-0.3, -0.25) is 0 Å². The van der Waals surface area contributed by atoms with E-state index < -0.39 is 0 Å². The molecule has 0 amide bonds. The Balaban J connectivity index is 1.83. The summed E-state index contributed by atoms with van der Waals surface area (Å²) in [6.45, 7) is 9.04. The smallest absolute Gasteiger partial charge is 0.186 e. The predicted molar refractivity (Wildman–Crippen MR) is 90.4 cm³/mol. The molecule has 118 valence electrons. The molecule has 0 saturated carbocycles. The van der Waals surface area contributed by atoms with Crippen LogP contribution in [0.15, 0.2) is 0 Å². The number of fused-ring (bicyclic) bond motifs is 1. The number of hydrogen-bond donors (Lipinski definition) is 1. The van der Waals surface area contributed by atoms with Gasteiger partial charge in [-0.05, 0) is 52.7 Å². The minimum atomic E-state index is 0.480. The van der Waals surface area contributed by atoms with Gasteiger partial charge in [0.25, 0.3) is 0 Å². The first-order valence-electron chi connectivity index (χ1n) is 8.37. The summed E-state index contributed by atoms with van der Waals surface area (Å²) in [5.74, 6) is 0. The van der Waals surface area contributed by atoms with E-state index in [0.717, 1.165) is 19.6 Å². The van der Waals surface area contributed by atoms with E-state index in [1.54, 1.807) is 0 Å². The highest BCUT2D eigenvalue weighted by atomic mass is 32.1. The van der Waals surface area contributed by atoms with Gasteiger partial charge in [-0.1, -0.05) is 6.92 Å². The van der Waals surface area contributed by atoms with Crippen LogP contribution >= 0.6 is 11.3 Å². The molecule has 1 aromatic heterocycles. The number of thiazole rings is 1. The molecule has 3 rings (SSSR count). The van der Waals surface area contributed by atoms with E-state index in [0.29, 0.717) is 12.1 Å². The molecule has 1 aromatic rings. The van der Waals surface area contributed by atoms with Crippen LogP contribution in [0.2, 0.25) is 0 Å². The average molecular weight is 308 g/mol. The largest absolute Gasteiger partial charge is 0.344 e. The maximum Gasteiger partial charge on any atom is 0.186 e. The molecule has 1 aliphatic carbocycles. The van der Waals surface area contributed by atoms with Crippen molar-refractivity contribution in [3.8, 4) is 0 Å². The van der Waals surface area contributed by atoms with Gasteiger partial charge in [0.15, 0.2) is 5.13 Å². The van der Waals surface area contributed by atoms with Crippen molar-refractivity contribution in [2.45, 2.75) is 51.6 Å². The lowest BCUT2D eigenvalue weighted by Crippen LogP contribution is -2.37. The molecular weight excluding hydrogens is 280 g/mol. The molecule has 2 heterocycles. The van der Waals surface area contributed by atoms with Gasteiger partial charge in [0, 0.05) is 24.0 Å². The molecule has 2 atom stereocenters. The summed E-state index contributed by atoms with van der Waals surface area (Å²) in [5, 5.41) is 4.86. The Labute approximate surface area is 132 Å². The Hall–Kier alpha value is -0.650. The molecule has 0 spiro atoms. The second kappa shape index (κ2) is 6.63. The summed E-state index contributed by atoms with van der Waals surface area (Å²) < 4.78 is 0. The van der Waals surface area contributed by atoms with Crippen LogP contribution < -0.4 is 10.2 Å². The lowest BCUT2D eigenvalue weighted by molar-refractivity contribution is 0.337. The van der Waals surface area contributed by atoms with Crippen molar-refractivity contribution in [1.29, 1.82) is 0 Å². The first kappa shape index (κ1) is 15.3. The van der Waals surface area contributed by atoms with E-state index in [4.69, 9.17) is 4.98 Å². The molecule has 5 heteroatoms. The minimum absolute atomic E-state index is 0.480. The van der Waals surface area contributed by atoms with Crippen molar-refractivity contribution in [2.75, 3.05) is 38.1 Å². The topological polar surface area (TPSA) is 31.4 Å². The maximum absolute atomic E-state index is 5.06. The summed E-state index contributed by atoms with van der Waals surface area (Å²) in [6, 6.07) is 1.04.